The lowest BCUT2D eigenvalue weighted by Crippen LogP contribution is -2.30. The molecule has 3 aromatic rings. The molecule has 0 atom stereocenters. The van der Waals surface area contributed by atoms with Crippen molar-refractivity contribution in [1.29, 1.82) is 0 Å². The number of aromatic nitrogens is 2. The first-order valence-corrected chi connectivity index (χ1v) is 9.48. The minimum atomic E-state index is -3.57. The maximum Gasteiger partial charge on any atom is 0.273 e. The maximum absolute atomic E-state index is 12.9. The van der Waals surface area contributed by atoms with Crippen molar-refractivity contribution in [3.8, 4) is 10.6 Å². The van der Waals surface area contributed by atoms with Crippen LogP contribution < -0.4 is 4.31 Å². The molecular weight excluding hydrogens is 330 g/mol. The summed E-state index contributed by atoms with van der Waals surface area (Å²) in [6, 6.07) is 14.5. The van der Waals surface area contributed by atoms with E-state index in [-0.39, 0.29) is 0 Å². The Morgan fingerprint density at radius 2 is 1.91 bits per heavy atom. The summed E-state index contributed by atoms with van der Waals surface area (Å²) in [4.78, 5) is 0.831. The van der Waals surface area contributed by atoms with Crippen LogP contribution in [0, 0.1) is 6.92 Å². The van der Waals surface area contributed by atoms with Gasteiger partial charge in [-0.05, 0) is 44.2 Å². The predicted octanol–water partition coefficient (Wildman–Crippen LogP) is 3.66. The van der Waals surface area contributed by atoms with Crippen LogP contribution in [0.25, 0.3) is 10.6 Å². The molecule has 0 saturated heterocycles. The molecule has 1 aromatic carbocycles. The number of rotatable bonds is 5. The highest BCUT2D eigenvalue weighted by atomic mass is 32.2. The van der Waals surface area contributed by atoms with Crippen molar-refractivity contribution < 1.29 is 8.42 Å². The van der Waals surface area contributed by atoms with Crippen molar-refractivity contribution in [3.05, 3.63) is 54.2 Å². The van der Waals surface area contributed by atoms with Gasteiger partial charge in [0.05, 0.1) is 10.6 Å². The van der Waals surface area contributed by atoms with Gasteiger partial charge in [0.1, 0.15) is 9.90 Å². The topological polar surface area (TPSA) is 66.1 Å². The Labute approximate surface area is 139 Å². The molecule has 5 nitrogen and oxygen atoms in total. The number of thiophene rings is 1. The number of H-pyrrole nitrogens is 1. The number of nitrogens with zero attached hydrogens (tertiary/aromatic N) is 2. The van der Waals surface area contributed by atoms with Gasteiger partial charge in [-0.15, -0.1) is 11.3 Å². The fourth-order valence-electron chi connectivity index (χ4n) is 2.33. The summed E-state index contributed by atoms with van der Waals surface area (Å²) >= 11 is 1.23. The van der Waals surface area contributed by atoms with E-state index in [0.717, 1.165) is 16.3 Å². The second kappa shape index (κ2) is 6.17. The van der Waals surface area contributed by atoms with Gasteiger partial charge in [0.25, 0.3) is 10.0 Å². The zero-order chi connectivity index (χ0) is 16.4. The van der Waals surface area contributed by atoms with E-state index < -0.39 is 10.0 Å². The second-order valence-electron chi connectivity index (χ2n) is 5.06. The molecule has 3 rings (SSSR count). The van der Waals surface area contributed by atoms with E-state index in [4.69, 9.17) is 0 Å². The number of nitrogens with one attached hydrogen (secondary N) is 1. The van der Waals surface area contributed by atoms with Crippen LogP contribution in [0.5, 0.6) is 0 Å². The zero-order valence-electron chi connectivity index (χ0n) is 12.9. The Kier molecular flexibility index (Phi) is 4.23. The molecule has 1 N–H and O–H groups in total. The third kappa shape index (κ3) is 3.02. The SMILES string of the molecule is CCN(c1ccccc1)S(=O)(=O)c1ccc(-c2cc(C)[nH]n2)s1. The van der Waals surface area contributed by atoms with Gasteiger partial charge >= 0.3 is 0 Å². The number of benzene rings is 1. The molecular formula is C16H17N3O2S2. The average Bonchev–Trinajstić information content (AvgIpc) is 3.18. The molecule has 0 bridgehead atoms. The fourth-order valence-corrected chi connectivity index (χ4v) is 5.19. The summed E-state index contributed by atoms with van der Waals surface area (Å²) in [6.45, 7) is 4.12. The summed E-state index contributed by atoms with van der Waals surface area (Å²) in [5, 5.41) is 7.05. The molecule has 0 radical (unpaired) electrons. The van der Waals surface area contributed by atoms with Crippen molar-refractivity contribution in [2.24, 2.45) is 0 Å². The minimum absolute atomic E-state index is 0.318. The second-order valence-corrected chi connectivity index (χ2v) is 8.23. The standard InChI is InChI=1S/C16H17N3O2S2/c1-3-19(13-7-5-4-6-8-13)23(20,21)16-10-9-15(22-16)14-11-12(2)17-18-14/h4-11H,3H2,1-2H3,(H,17,18). The number of anilines is 1. The highest BCUT2D eigenvalue weighted by Crippen LogP contribution is 2.33. The predicted molar refractivity (Wildman–Crippen MR) is 93.3 cm³/mol. The summed E-state index contributed by atoms with van der Waals surface area (Å²) in [7, 11) is -3.57. The van der Waals surface area contributed by atoms with Crippen molar-refractivity contribution in [1.82, 2.24) is 10.2 Å². The van der Waals surface area contributed by atoms with Gasteiger partial charge in [-0.3, -0.25) is 9.40 Å². The van der Waals surface area contributed by atoms with Gasteiger partial charge in [0.2, 0.25) is 0 Å². The molecule has 7 heteroatoms. The molecule has 0 spiro atoms. The van der Waals surface area contributed by atoms with E-state index in [0.29, 0.717) is 16.4 Å². The first-order chi connectivity index (χ1) is 11.0. The number of para-hydroxylation sites is 1. The largest absolute Gasteiger partial charge is 0.282 e. The Balaban J connectivity index is 1.98. The summed E-state index contributed by atoms with van der Waals surface area (Å²) in [5.41, 5.74) is 2.37. The summed E-state index contributed by atoms with van der Waals surface area (Å²) in [5.74, 6) is 0. The Bertz CT molecular complexity index is 898. The van der Waals surface area contributed by atoms with Crippen molar-refractivity contribution in [2.45, 2.75) is 18.1 Å². The van der Waals surface area contributed by atoms with Crippen LogP contribution in [-0.4, -0.2) is 25.2 Å². The van der Waals surface area contributed by atoms with E-state index in [9.17, 15) is 8.42 Å². The third-order valence-electron chi connectivity index (χ3n) is 3.42. The van der Waals surface area contributed by atoms with Gasteiger partial charge in [0.15, 0.2) is 0 Å². The molecule has 2 heterocycles. The minimum Gasteiger partial charge on any atom is -0.282 e. The lowest BCUT2D eigenvalue weighted by Gasteiger charge is -2.21. The quantitative estimate of drug-likeness (QED) is 0.766. The lowest BCUT2D eigenvalue weighted by molar-refractivity contribution is 0.594. The number of aryl methyl sites for hydroxylation is 1. The van der Waals surface area contributed by atoms with Crippen LogP contribution in [0.4, 0.5) is 5.69 Å². The highest BCUT2D eigenvalue weighted by Gasteiger charge is 2.25. The Morgan fingerprint density at radius 3 is 2.52 bits per heavy atom. The number of aromatic amines is 1. The molecule has 0 unspecified atom stereocenters. The van der Waals surface area contributed by atoms with Crippen LogP contribution >= 0.6 is 11.3 Å². The van der Waals surface area contributed by atoms with Gasteiger partial charge < -0.3 is 0 Å². The number of hydrogen-bond donors (Lipinski definition) is 1. The van der Waals surface area contributed by atoms with E-state index in [1.54, 1.807) is 24.3 Å². The third-order valence-corrected chi connectivity index (χ3v) is 6.89. The molecule has 0 aliphatic heterocycles. The fraction of sp³-hybridized carbons (Fsp3) is 0.188. The van der Waals surface area contributed by atoms with E-state index >= 15 is 0 Å². The van der Waals surface area contributed by atoms with Crippen LogP contribution in [-0.2, 0) is 10.0 Å². The van der Waals surface area contributed by atoms with Gasteiger partial charge in [-0.2, -0.15) is 5.10 Å². The van der Waals surface area contributed by atoms with Crippen LogP contribution in [0.3, 0.4) is 0 Å². The maximum atomic E-state index is 12.9. The van der Waals surface area contributed by atoms with E-state index in [2.05, 4.69) is 10.2 Å². The average molecular weight is 347 g/mol. The van der Waals surface area contributed by atoms with Crippen molar-refractivity contribution in [2.75, 3.05) is 10.8 Å². The monoisotopic (exact) mass is 347 g/mol. The van der Waals surface area contributed by atoms with Gasteiger partial charge in [0, 0.05) is 12.2 Å². The molecule has 120 valence electrons. The van der Waals surface area contributed by atoms with Crippen molar-refractivity contribution >= 4 is 27.0 Å². The smallest absolute Gasteiger partial charge is 0.273 e. The highest BCUT2D eigenvalue weighted by molar-refractivity contribution is 7.94. The molecule has 0 amide bonds. The van der Waals surface area contributed by atoms with Crippen LogP contribution in [0.1, 0.15) is 12.6 Å². The molecule has 0 saturated carbocycles. The first-order valence-electron chi connectivity index (χ1n) is 7.22. The van der Waals surface area contributed by atoms with Gasteiger partial charge in [-0.25, -0.2) is 8.42 Å². The van der Waals surface area contributed by atoms with E-state index in [1.165, 1.54) is 15.6 Å². The molecule has 0 fully saturated rings. The lowest BCUT2D eigenvalue weighted by atomic mass is 10.3. The first kappa shape index (κ1) is 15.8. The normalized spacial score (nSPS) is 11.6. The van der Waals surface area contributed by atoms with Crippen LogP contribution in [0.15, 0.2) is 52.7 Å². The van der Waals surface area contributed by atoms with Crippen LogP contribution in [0.2, 0.25) is 0 Å². The zero-order valence-corrected chi connectivity index (χ0v) is 14.5. The summed E-state index contributed by atoms with van der Waals surface area (Å²) in [6.07, 6.45) is 0. The van der Waals surface area contributed by atoms with Gasteiger partial charge in [-0.1, -0.05) is 18.2 Å². The molecule has 2 aromatic heterocycles. The molecule has 0 aliphatic carbocycles. The molecule has 23 heavy (non-hydrogen) atoms. The molecule has 0 aliphatic rings. The van der Waals surface area contributed by atoms with E-state index in [1.807, 2.05) is 38.1 Å². The summed E-state index contributed by atoms with van der Waals surface area (Å²) < 4.78 is 27.6. The number of hydrogen-bond acceptors (Lipinski definition) is 4. The Morgan fingerprint density at radius 1 is 1.17 bits per heavy atom. The van der Waals surface area contributed by atoms with Crippen molar-refractivity contribution in [3.63, 3.8) is 0 Å². The number of sulfonamides is 1. The Hall–Kier alpha value is -2.12.